The van der Waals surface area contributed by atoms with Gasteiger partial charge in [0.25, 0.3) is 0 Å². The largest absolute Gasteiger partial charge is 0.447 e. The van der Waals surface area contributed by atoms with Crippen molar-refractivity contribution in [2.75, 3.05) is 13.2 Å². The van der Waals surface area contributed by atoms with E-state index in [1.54, 1.807) is 0 Å². The summed E-state index contributed by atoms with van der Waals surface area (Å²) in [5.74, 6) is -0.309. The average Bonchev–Trinajstić information content (AvgIpc) is 2.95. The minimum Gasteiger partial charge on any atom is -0.447 e. The van der Waals surface area contributed by atoms with Crippen LogP contribution in [-0.2, 0) is 16.1 Å². The van der Waals surface area contributed by atoms with Gasteiger partial charge in [-0.25, -0.2) is 9.69 Å². The standard InChI is InChI=1S/C12H14N2O3/c15-11(14-7-8-17-12(14)16)9-3-1-5-13-6-2-4-10(9)13/h2,4,6,9H,1,3,5,7-8H2. The Labute approximate surface area is 99.0 Å². The van der Waals surface area contributed by atoms with E-state index in [4.69, 9.17) is 4.74 Å². The van der Waals surface area contributed by atoms with Crippen LogP contribution >= 0.6 is 0 Å². The summed E-state index contributed by atoms with van der Waals surface area (Å²) in [4.78, 5) is 24.9. The summed E-state index contributed by atoms with van der Waals surface area (Å²) in [5, 5.41) is 0. The number of rotatable bonds is 1. The Balaban J connectivity index is 1.86. The van der Waals surface area contributed by atoms with Gasteiger partial charge in [0.05, 0.1) is 12.5 Å². The van der Waals surface area contributed by atoms with Gasteiger partial charge in [-0.1, -0.05) is 0 Å². The second-order valence-corrected chi connectivity index (χ2v) is 4.43. The minimum absolute atomic E-state index is 0.118. The molecule has 0 N–H and O–H groups in total. The number of hydrogen-bond acceptors (Lipinski definition) is 3. The molecule has 3 rings (SSSR count). The lowest BCUT2D eigenvalue weighted by Crippen LogP contribution is -2.37. The van der Waals surface area contributed by atoms with E-state index in [0.29, 0.717) is 13.2 Å². The summed E-state index contributed by atoms with van der Waals surface area (Å²) in [6.45, 7) is 1.66. The summed E-state index contributed by atoms with van der Waals surface area (Å²) >= 11 is 0. The maximum Gasteiger partial charge on any atom is 0.416 e. The molecule has 0 aliphatic carbocycles. The lowest BCUT2D eigenvalue weighted by atomic mass is 9.94. The highest BCUT2D eigenvalue weighted by Gasteiger charge is 2.36. The average molecular weight is 234 g/mol. The van der Waals surface area contributed by atoms with Crippen molar-refractivity contribution < 1.29 is 14.3 Å². The van der Waals surface area contributed by atoms with E-state index in [1.165, 1.54) is 4.90 Å². The van der Waals surface area contributed by atoms with Crippen molar-refractivity contribution in [1.29, 1.82) is 0 Å². The number of aryl methyl sites for hydroxylation is 1. The third-order valence-corrected chi connectivity index (χ3v) is 3.44. The molecule has 1 aromatic rings. The molecule has 5 heteroatoms. The highest BCUT2D eigenvalue weighted by Crippen LogP contribution is 2.30. The fourth-order valence-corrected chi connectivity index (χ4v) is 2.59. The zero-order valence-corrected chi connectivity index (χ0v) is 9.46. The Hall–Kier alpha value is -1.78. The fourth-order valence-electron chi connectivity index (χ4n) is 2.59. The SMILES string of the molecule is O=C1OCCN1C(=O)C1CCCn2cccc21. The molecule has 1 fully saturated rings. The zero-order chi connectivity index (χ0) is 11.8. The molecule has 2 amide bonds. The molecule has 2 aliphatic heterocycles. The topological polar surface area (TPSA) is 51.5 Å². The van der Waals surface area contributed by atoms with E-state index < -0.39 is 6.09 Å². The number of carbonyl (C=O) groups is 2. The molecular weight excluding hydrogens is 220 g/mol. The number of carbonyl (C=O) groups excluding carboxylic acids is 2. The van der Waals surface area contributed by atoms with Crippen molar-refractivity contribution in [2.24, 2.45) is 0 Å². The maximum absolute atomic E-state index is 12.3. The number of nitrogens with zero attached hydrogens (tertiary/aromatic N) is 2. The van der Waals surface area contributed by atoms with Gasteiger partial charge in [-0.05, 0) is 25.0 Å². The van der Waals surface area contributed by atoms with Gasteiger partial charge in [-0.15, -0.1) is 0 Å². The van der Waals surface area contributed by atoms with Crippen LogP contribution < -0.4 is 0 Å². The molecular formula is C12H14N2O3. The van der Waals surface area contributed by atoms with Crippen LogP contribution in [0.25, 0.3) is 0 Å². The normalized spacial score (nSPS) is 23.4. The van der Waals surface area contributed by atoms with E-state index in [0.717, 1.165) is 25.1 Å². The highest BCUT2D eigenvalue weighted by molar-refractivity contribution is 5.96. The first-order valence-electron chi connectivity index (χ1n) is 5.90. The van der Waals surface area contributed by atoms with Crippen LogP contribution in [0, 0.1) is 0 Å². The van der Waals surface area contributed by atoms with Gasteiger partial charge >= 0.3 is 6.09 Å². The van der Waals surface area contributed by atoms with E-state index >= 15 is 0 Å². The van der Waals surface area contributed by atoms with Crippen molar-refractivity contribution in [1.82, 2.24) is 9.47 Å². The van der Waals surface area contributed by atoms with Gasteiger partial charge in [0, 0.05) is 18.4 Å². The molecule has 0 aromatic carbocycles. The molecule has 1 aromatic heterocycles. The number of fused-ring (bicyclic) bond motifs is 1. The summed E-state index contributed by atoms with van der Waals surface area (Å²) < 4.78 is 6.90. The third-order valence-electron chi connectivity index (χ3n) is 3.44. The number of imide groups is 1. The number of cyclic esters (lactones) is 1. The first-order chi connectivity index (χ1) is 8.27. The second-order valence-electron chi connectivity index (χ2n) is 4.43. The molecule has 17 heavy (non-hydrogen) atoms. The van der Waals surface area contributed by atoms with Crippen molar-refractivity contribution in [2.45, 2.75) is 25.3 Å². The van der Waals surface area contributed by atoms with Gasteiger partial charge in [0.2, 0.25) is 5.91 Å². The van der Waals surface area contributed by atoms with Crippen LogP contribution in [0.4, 0.5) is 4.79 Å². The van der Waals surface area contributed by atoms with E-state index in [1.807, 2.05) is 18.3 Å². The Morgan fingerprint density at radius 1 is 1.41 bits per heavy atom. The van der Waals surface area contributed by atoms with E-state index in [-0.39, 0.29) is 11.8 Å². The van der Waals surface area contributed by atoms with Gasteiger partial charge < -0.3 is 9.30 Å². The number of amides is 2. The van der Waals surface area contributed by atoms with Crippen molar-refractivity contribution >= 4 is 12.0 Å². The van der Waals surface area contributed by atoms with Crippen LogP contribution in [0.3, 0.4) is 0 Å². The van der Waals surface area contributed by atoms with Crippen LogP contribution in [0.5, 0.6) is 0 Å². The monoisotopic (exact) mass is 234 g/mol. The summed E-state index contributed by atoms with van der Waals surface area (Å²) in [6.07, 6.45) is 3.27. The first kappa shape index (κ1) is 10.4. The summed E-state index contributed by atoms with van der Waals surface area (Å²) in [5.41, 5.74) is 1.01. The van der Waals surface area contributed by atoms with Crippen LogP contribution in [-0.4, -0.2) is 34.6 Å². The van der Waals surface area contributed by atoms with Crippen molar-refractivity contribution in [3.63, 3.8) is 0 Å². The molecule has 1 atom stereocenters. The summed E-state index contributed by atoms with van der Waals surface area (Å²) in [6, 6.07) is 3.91. The molecule has 1 unspecified atom stereocenters. The van der Waals surface area contributed by atoms with E-state index in [9.17, 15) is 9.59 Å². The zero-order valence-electron chi connectivity index (χ0n) is 9.46. The third kappa shape index (κ3) is 1.62. The summed E-state index contributed by atoms with van der Waals surface area (Å²) in [7, 11) is 0. The van der Waals surface area contributed by atoms with Crippen molar-refractivity contribution in [3.8, 4) is 0 Å². The van der Waals surface area contributed by atoms with Crippen LogP contribution in [0.1, 0.15) is 24.5 Å². The molecule has 3 heterocycles. The van der Waals surface area contributed by atoms with E-state index in [2.05, 4.69) is 4.57 Å². The number of ether oxygens (including phenoxy) is 1. The maximum atomic E-state index is 12.3. The molecule has 5 nitrogen and oxygen atoms in total. The smallest absolute Gasteiger partial charge is 0.416 e. The molecule has 2 aliphatic rings. The van der Waals surface area contributed by atoms with Gasteiger partial charge in [0.15, 0.2) is 0 Å². The van der Waals surface area contributed by atoms with Gasteiger partial charge in [-0.2, -0.15) is 0 Å². The molecule has 0 radical (unpaired) electrons. The fraction of sp³-hybridized carbons (Fsp3) is 0.500. The predicted octanol–water partition coefficient (Wildman–Crippen LogP) is 1.34. The van der Waals surface area contributed by atoms with Gasteiger partial charge in [-0.3, -0.25) is 4.79 Å². The Bertz CT molecular complexity index is 466. The quantitative estimate of drug-likeness (QED) is 0.737. The second kappa shape index (κ2) is 3.91. The van der Waals surface area contributed by atoms with Gasteiger partial charge in [0.1, 0.15) is 6.61 Å². The highest BCUT2D eigenvalue weighted by atomic mass is 16.6. The van der Waals surface area contributed by atoms with Crippen LogP contribution in [0.2, 0.25) is 0 Å². The first-order valence-corrected chi connectivity index (χ1v) is 5.90. The number of aromatic nitrogens is 1. The molecule has 0 bridgehead atoms. The van der Waals surface area contributed by atoms with Crippen molar-refractivity contribution in [3.05, 3.63) is 24.0 Å². The lowest BCUT2D eigenvalue weighted by molar-refractivity contribution is -0.129. The Kier molecular flexibility index (Phi) is 2.39. The Morgan fingerprint density at radius 3 is 3.06 bits per heavy atom. The molecule has 90 valence electrons. The molecule has 1 saturated heterocycles. The predicted molar refractivity (Wildman–Crippen MR) is 59.5 cm³/mol. The van der Waals surface area contributed by atoms with Crippen LogP contribution in [0.15, 0.2) is 18.3 Å². The molecule has 0 spiro atoms. The number of hydrogen-bond donors (Lipinski definition) is 0. The minimum atomic E-state index is -0.501. The molecule has 0 saturated carbocycles. The Morgan fingerprint density at radius 2 is 2.29 bits per heavy atom. The lowest BCUT2D eigenvalue weighted by Gasteiger charge is -2.26.